The average molecular weight is 223 g/mol. The minimum atomic E-state index is -0.850. The van der Waals surface area contributed by atoms with Crippen molar-refractivity contribution in [2.75, 3.05) is 0 Å². The van der Waals surface area contributed by atoms with Gasteiger partial charge in [-0.2, -0.15) is 0 Å². The van der Waals surface area contributed by atoms with Gasteiger partial charge in [0.1, 0.15) is 0 Å². The van der Waals surface area contributed by atoms with Gasteiger partial charge in [-0.25, -0.2) is 8.78 Å². The van der Waals surface area contributed by atoms with E-state index in [1.807, 2.05) is 0 Å². The Morgan fingerprint density at radius 1 is 1.25 bits per heavy atom. The lowest BCUT2D eigenvalue weighted by molar-refractivity contribution is 0.493. The molecule has 0 saturated carbocycles. The van der Waals surface area contributed by atoms with Gasteiger partial charge in [-0.1, -0.05) is 12.1 Å². The molecule has 2 N–H and O–H groups in total. The van der Waals surface area contributed by atoms with Crippen molar-refractivity contribution >= 4 is 0 Å². The fraction of sp³-hybridized carbons (Fsp3) is 0.167. The second-order valence-electron chi connectivity index (χ2n) is 3.58. The third kappa shape index (κ3) is 2.12. The van der Waals surface area contributed by atoms with Gasteiger partial charge >= 0.3 is 0 Å². The van der Waals surface area contributed by atoms with Crippen LogP contribution in [0.2, 0.25) is 0 Å². The number of hydrogen-bond acceptors (Lipinski definition) is 2. The first-order valence-corrected chi connectivity index (χ1v) is 4.89. The third-order valence-corrected chi connectivity index (χ3v) is 2.44. The normalized spacial score (nSPS) is 12.7. The highest BCUT2D eigenvalue weighted by molar-refractivity contribution is 5.22. The van der Waals surface area contributed by atoms with Crippen molar-refractivity contribution in [3.63, 3.8) is 0 Å². The van der Waals surface area contributed by atoms with E-state index in [0.717, 1.165) is 11.6 Å². The topological polar surface area (TPSA) is 39.2 Å². The molecule has 0 amide bonds. The van der Waals surface area contributed by atoms with E-state index < -0.39 is 17.7 Å². The minimum Gasteiger partial charge on any atom is -0.472 e. The number of halogens is 2. The van der Waals surface area contributed by atoms with Crippen LogP contribution >= 0.6 is 0 Å². The van der Waals surface area contributed by atoms with E-state index in [2.05, 4.69) is 0 Å². The van der Waals surface area contributed by atoms with Crippen LogP contribution in [-0.4, -0.2) is 0 Å². The van der Waals surface area contributed by atoms with Gasteiger partial charge in [-0.15, -0.1) is 0 Å². The predicted molar refractivity (Wildman–Crippen MR) is 55.7 cm³/mol. The van der Waals surface area contributed by atoms with Gasteiger partial charge in [-0.3, -0.25) is 0 Å². The Labute approximate surface area is 91.7 Å². The smallest absolute Gasteiger partial charge is 0.162 e. The van der Waals surface area contributed by atoms with Gasteiger partial charge in [0.15, 0.2) is 11.6 Å². The summed E-state index contributed by atoms with van der Waals surface area (Å²) >= 11 is 0. The third-order valence-electron chi connectivity index (χ3n) is 2.44. The van der Waals surface area contributed by atoms with Crippen LogP contribution in [0.3, 0.4) is 0 Å². The van der Waals surface area contributed by atoms with Gasteiger partial charge < -0.3 is 10.2 Å². The van der Waals surface area contributed by atoms with Crippen molar-refractivity contribution < 1.29 is 13.2 Å². The molecule has 0 bridgehead atoms. The summed E-state index contributed by atoms with van der Waals surface area (Å²) in [6, 6.07) is 5.40. The van der Waals surface area contributed by atoms with Gasteiger partial charge in [-0.05, 0) is 24.1 Å². The summed E-state index contributed by atoms with van der Waals surface area (Å²) in [4.78, 5) is 0. The Morgan fingerprint density at radius 3 is 2.75 bits per heavy atom. The highest BCUT2D eigenvalue weighted by atomic mass is 19.2. The summed E-state index contributed by atoms with van der Waals surface area (Å²) in [5, 5.41) is 0. The zero-order valence-electron chi connectivity index (χ0n) is 8.49. The monoisotopic (exact) mass is 223 g/mol. The highest BCUT2D eigenvalue weighted by Crippen LogP contribution is 2.19. The summed E-state index contributed by atoms with van der Waals surface area (Å²) < 4.78 is 31.2. The Morgan fingerprint density at radius 2 is 2.06 bits per heavy atom. The number of rotatable bonds is 3. The molecule has 2 aromatic rings. The fourth-order valence-corrected chi connectivity index (χ4v) is 1.55. The maximum Gasteiger partial charge on any atom is 0.162 e. The second kappa shape index (κ2) is 4.45. The zero-order valence-corrected chi connectivity index (χ0v) is 8.49. The van der Waals surface area contributed by atoms with E-state index in [4.69, 9.17) is 10.2 Å². The number of benzene rings is 1. The molecule has 16 heavy (non-hydrogen) atoms. The average Bonchev–Trinajstić information content (AvgIpc) is 2.78. The van der Waals surface area contributed by atoms with E-state index in [1.165, 1.54) is 24.7 Å². The number of furan rings is 1. The molecular formula is C12H11F2NO. The van der Waals surface area contributed by atoms with Gasteiger partial charge in [0, 0.05) is 11.6 Å². The Hall–Kier alpha value is -1.68. The molecule has 4 heteroatoms. The van der Waals surface area contributed by atoms with Gasteiger partial charge in [0.2, 0.25) is 0 Å². The maximum absolute atomic E-state index is 13.3. The first-order chi connectivity index (χ1) is 7.68. The molecule has 1 aromatic heterocycles. The van der Waals surface area contributed by atoms with E-state index in [0.29, 0.717) is 0 Å². The predicted octanol–water partition coefficient (Wildman–Crippen LogP) is 2.80. The minimum absolute atomic E-state index is 0.239. The van der Waals surface area contributed by atoms with Crippen molar-refractivity contribution in [3.05, 3.63) is 59.6 Å². The summed E-state index contributed by atoms with van der Waals surface area (Å²) in [7, 11) is 0. The molecule has 2 rings (SSSR count). The molecule has 0 aliphatic heterocycles. The van der Waals surface area contributed by atoms with Crippen LogP contribution in [0.1, 0.15) is 17.2 Å². The Balaban J connectivity index is 2.18. The summed E-state index contributed by atoms with van der Waals surface area (Å²) in [5.41, 5.74) is 6.88. The van der Waals surface area contributed by atoms with Crippen LogP contribution in [0.4, 0.5) is 8.78 Å². The molecule has 2 nitrogen and oxygen atoms in total. The lowest BCUT2D eigenvalue weighted by atomic mass is 10.0. The van der Waals surface area contributed by atoms with E-state index in [1.54, 1.807) is 6.07 Å². The van der Waals surface area contributed by atoms with Crippen molar-refractivity contribution in [1.29, 1.82) is 0 Å². The summed E-state index contributed by atoms with van der Waals surface area (Å²) in [5.74, 6) is -1.68. The van der Waals surface area contributed by atoms with Crippen LogP contribution in [0.5, 0.6) is 0 Å². The Bertz CT molecular complexity index is 468. The maximum atomic E-state index is 13.3. The van der Waals surface area contributed by atoms with Gasteiger partial charge in [0.25, 0.3) is 0 Å². The van der Waals surface area contributed by atoms with Crippen molar-refractivity contribution in [1.82, 2.24) is 0 Å². The largest absolute Gasteiger partial charge is 0.472 e. The lowest BCUT2D eigenvalue weighted by Gasteiger charge is -2.10. The summed E-state index contributed by atoms with van der Waals surface area (Å²) in [6.07, 6.45) is 3.24. The molecule has 0 saturated heterocycles. The molecule has 1 atom stereocenters. The Kier molecular flexibility index (Phi) is 3.01. The molecule has 0 aliphatic rings. The molecule has 1 aromatic carbocycles. The standard InChI is InChI=1S/C12H11F2NO/c13-10-3-1-2-8(12(10)14)6-11(15)9-4-5-16-7-9/h1-5,7,11H,6,15H2. The van der Waals surface area contributed by atoms with Crippen molar-refractivity contribution in [2.45, 2.75) is 12.5 Å². The quantitative estimate of drug-likeness (QED) is 0.868. The van der Waals surface area contributed by atoms with Crippen LogP contribution in [-0.2, 0) is 6.42 Å². The molecular weight excluding hydrogens is 212 g/mol. The van der Waals surface area contributed by atoms with Crippen LogP contribution < -0.4 is 5.73 Å². The zero-order chi connectivity index (χ0) is 11.5. The first-order valence-electron chi connectivity index (χ1n) is 4.89. The number of nitrogens with two attached hydrogens (primary N) is 1. The lowest BCUT2D eigenvalue weighted by Crippen LogP contribution is -2.13. The molecule has 0 aliphatic carbocycles. The second-order valence-corrected chi connectivity index (χ2v) is 3.58. The van der Waals surface area contributed by atoms with Crippen LogP contribution in [0.25, 0.3) is 0 Å². The van der Waals surface area contributed by atoms with E-state index >= 15 is 0 Å². The van der Waals surface area contributed by atoms with Crippen molar-refractivity contribution in [3.8, 4) is 0 Å². The fourth-order valence-electron chi connectivity index (χ4n) is 1.55. The SMILES string of the molecule is NC(Cc1cccc(F)c1F)c1ccoc1. The van der Waals surface area contributed by atoms with Crippen molar-refractivity contribution in [2.24, 2.45) is 5.73 Å². The van der Waals surface area contributed by atoms with Crippen LogP contribution in [0, 0.1) is 11.6 Å². The molecule has 1 unspecified atom stereocenters. The van der Waals surface area contributed by atoms with E-state index in [9.17, 15) is 8.78 Å². The molecule has 0 radical (unpaired) electrons. The molecule has 84 valence electrons. The van der Waals surface area contributed by atoms with Gasteiger partial charge in [0.05, 0.1) is 12.5 Å². The molecule has 1 heterocycles. The number of hydrogen-bond donors (Lipinski definition) is 1. The van der Waals surface area contributed by atoms with Crippen LogP contribution in [0.15, 0.2) is 41.2 Å². The molecule has 0 fully saturated rings. The van der Waals surface area contributed by atoms with E-state index in [-0.39, 0.29) is 12.0 Å². The first kappa shape index (κ1) is 10.8. The summed E-state index contributed by atoms with van der Waals surface area (Å²) in [6.45, 7) is 0. The highest BCUT2D eigenvalue weighted by Gasteiger charge is 2.13. The molecule has 0 spiro atoms.